The monoisotopic (exact) mass is 499 g/mol. The van der Waals surface area contributed by atoms with E-state index in [1.807, 2.05) is 45.0 Å². The quantitative estimate of drug-likeness (QED) is 0.324. The van der Waals surface area contributed by atoms with Crippen LogP contribution >= 0.6 is 0 Å². The average Bonchev–Trinajstić information content (AvgIpc) is 2.90. The molecule has 8 heteroatoms. The molecule has 8 nitrogen and oxygen atoms in total. The highest BCUT2D eigenvalue weighted by atomic mass is 16.5. The highest BCUT2D eigenvalue weighted by molar-refractivity contribution is 6.05. The minimum Gasteiger partial charge on any atom is -0.494 e. The van der Waals surface area contributed by atoms with Gasteiger partial charge in [0.2, 0.25) is 5.88 Å². The number of aryl methyl sites for hydroxylation is 1. The van der Waals surface area contributed by atoms with Crippen LogP contribution in [0.3, 0.4) is 0 Å². The number of hydrogen-bond acceptors (Lipinski definition) is 6. The third kappa shape index (κ3) is 6.55. The molecule has 0 atom stereocenters. The van der Waals surface area contributed by atoms with Crippen molar-refractivity contribution in [2.75, 3.05) is 18.5 Å². The van der Waals surface area contributed by atoms with Gasteiger partial charge in [-0.1, -0.05) is 29.8 Å². The Bertz CT molecular complexity index is 1430. The molecule has 0 saturated carbocycles. The smallest absolute Gasteiger partial charge is 0.271 e. The molecule has 0 bridgehead atoms. The van der Waals surface area contributed by atoms with Crippen LogP contribution in [0.25, 0.3) is 5.69 Å². The topological polar surface area (TPSA) is 91.7 Å². The molecular weight excluding hydrogens is 470 g/mol. The molecule has 1 aromatic heterocycles. The van der Waals surface area contributed by atoms with Gasteiger partial charge in [0.1, 0.15) is 18.1 Å². The van der Waals surface area contributed by atoms with Crippen LogP contribution in [0.2, 0.25) is 0 Å². The molecule has 1 amide bonds. The van der Waals surface area contributed by atoms with Crippen molar-refractivity contribution < 1.29 is 19.0 Å². The van der Waals surface area contributed by atoms with Gasteiger partial charge >= 0.3 is 0 Å². The van der Waals surface area contributed by atoms with E-state index in [9.17, 15) is 9.59 Å². The van der Waals surface area contributed by atoms with Crippen molar-refractivity contribution in [2.45, 2.75) is 27.4 Å². The summed E-state index contributed by atoms with van der Waals surface area (Å²) < 4.78 is 18.2. The van der Waals surface area contributed by atoms with Gasteiger partial charge in [0.15, 0.2) is 0 Å². The molecule has 3 aromatic carbocycles. The molecule has 1 heterocycles. The SMILES string of the molecule is CCOc1ccc(OCC)c(NC(=O)c2ccc(-n3nc(OCc4cccc(C)c4)ccc3=O)cc2)c1. The number of benzene rings is 3. The number of aromatic nitrogens is 2. The molecule has 1 N–H and O–H groups in total. The van der Waals surface area contributed by atoms with Crippen molar-refractivity contribution in [1.82, 2.24) is 9.78 Å². The molecule has 0 radical (unpaired) electrons. The van der Waals surface area contributed by atoms with Gasteiger partial charge < -0.3 is 19.5 Å². The zero-order valence-electron chi connectivity index (χ0n) is 21.1. The van der Waals surface area contributed by atoms with Gasteiger partial charge in [0, 0.05) is 23.8 Å². The van der Waals surface area contributed by atoms with Gasteiger partial charge in [-0.2, -0.15) is 4.68 Å². The van der Waals surface area contributed by atoms with Crippen LogP contribution in [0.15, 0.2) is 83.7 Å². The minimum absolute atomic E-state index is 0.311. The largest absolute Gasteiger partial charge is 0.494 e. The third-order valence-electron chi connectivity index (χ3n) is 5.43. The first-order chi connectivity index (χ1) is 18.0. The van der Waals surface area contributed by atoms with Crippen molar-refractivity contribution in [3.8, 4) is 23.1 Å². The number of nitrogens with zero attached hydrogens (tertiary/aromatic N) is 2. The maximum absolute atomic E-state index is 12.9. The zero-order chi connectivity index (χ0) is 26.2. The Kier molecular flexibility index (Phi) is 8.20. The number of carbonyl (C=O) groups is 1. The standard InChI is InChI=1S/C29H29N3O5/c1-4-35-24-13-14-26(36-5-2)25(18-24)30-29(34)22-9-11-23(12-10-22)32-28(33)16-15-27(31-32)37-19-21-8-6-7-20(3)17-21/h6-18H,4-5,19H2,1-3H3,(H,30,34). The van der Waals surface area contributed by atoms with E-state index in [0.29, 0.717) is 54.1 Å². The van der Waals surface area contributed by atoms with E-state index in [0.717, 1.165) is 11.1 Å². The lowest BCUT2D eigenvalue weighted by Crippen LogP contribution is -2.21. The number of amides is 1. The summed E-state index contributed by atoms with van der Waals surface area (Å²) in [5, 5.41) is 7.21. The summed E-state index contributed by atoms with van der Waals surface area (Å²) >= 11 is 0. The van der Waals surface area contributed by atoms with Crippen molar-refractivity contribution in [2.24, 2.45) is 0 Å². The molecule has 190 valence electrons. The summed E-state index contributed by atoms with van der Waals surface area (Å²) in [6.45, 7) is 7.08. The number of nitrogens with one attached hydrogen (secondary N) is 1. The summed E-state index contributed by atoms with van der Waals surface area (Å²) in [6.07, 6.45) is 0. The van der Waals surface area contributed by atoms with E-state index in [-0.39, 0.29) is 11.5 Å². The summed E-state index contributed by atoms with van der Waals surface area (Å²) in [5.41, 5.74) is 3.27. The highest BCUT2D eigenvalue weighted by Gasteiger charge is 2.13. The second-order valence-corrected chi connectivity index (χ2v) is 8.22. The van der Waals surface area contributed by atoms with Crippen LogP contribution in [0, 0.1) is 6.92 Å². The fourth-order valence-electron chi connectivity index (χ4n) is 3.71. The Morgan fingerprint density at radius 2 is 1.68 bits per heavy atom. The van der Waals surface area contributed by atoms with Crippen LogP contribution in [0.1, 0.15) is 35.3 Å². The maximum atomic E-state index is 12.9. The Morgan fingerprint density at radius 3 is 2.41 bits per heavy atom. The normalized spacial score (nSPS) is 10.6. The van der Waals surface area contributed by atoms with Crippen LogP contribution in [-0.4, -0.2) is 28.9 Å². The Labute approximate surface area is 215 Å². The molecule has 0 saturated heterocycles. The molecule has 0 aliphatic heterocycles. The van der Waals surface area contributed by atoms with Gasteiger partial charge in [-0.3, -0.25) is 9.59 Å². The van der Waals surface area contributed by atoms with Crippen molar-refractivity contribution >= 4 is 11.6 Å². The van der Waals surface area contributed by atoms with Crippen molar-refractivity contribution in [1.29, 1.82) is 0 Å². The van der Waals surface area contributed by atoms with E-state index in [1.165, 1.54) is 10.7 Å². The highest BCUT2D eigenvalue weighted by Crippen LogP contribution is 2.30. The lowest BCUT2D eigenvalue weighted by Gasteiger charge is -2.14. The average molecular weight is 500 g/mol. The summed E-state index contributed by atoms with van der Waals surface area (Å²) in [6, 6.07) is 22.8. The lowest BCUT2D eigenvalue weighted by molar-refractivity contribution is 0.102. The first-order valence-electron chi connectivity index (χ1n) is 12.1. The third-order valence-corrected chi connectivity index (χ3v) is 5.43. The first-order valence-corrected chi connectivity index (χ1v) is 12.1. The maximum Gasteiger partial charge on any atom is 0.271 e. The second-order valence-electron chi connectivity index (χ2n) is 8.22. The van der Waals surface area contributed by atoms with Crippen LogP contribution < -0.4 is 25.1 Å². The molecule has 4 aromatic rings. The molecule has 0 aliphatic carbocycles. The van der Waals surface area contributed by atoms with Gasteiger partial charge in [-0.05, 0) is 62.7 Å². The Morgan fingerprint density at radius 1 is 0.892 bits per heavy atom. The second kappa shape index (κ2) is 11.9. The zero-order valence-corrected chi connectivity index (χ0v) is 21.1. The lowest BCUT2D eigenvalue weighted by atomic mass is 10.1. The molecule has 0 unspecified atom stereocenters. The number of ether oxygens (including phenoxy) is 3. The number of anilines is 1. The number of carbonyl (C=O) groups excluding carboxylic acids is 1. The van der Waals surface area contributed by atoms with E-state index in [1.54, 1.807) is 48.5 Å². The Hall–Kier alpha value is -4.59. The van der Waals surface area contributed by atoms with Gasteiger partial charge in [0.05, 0.1) is 24.6 Å². The van der Waals surface area contributed by atoms with Crippen LogP contribution in [0.4, 0.5) is 5.69 Å². The molecule has 0 aliphatic rings. The van der Waals surface area contributed by atoms with Crippen molar-refractivity contribution in [3.05, 3.63) is 106 Å². The summed E-state index contributed by atoms with van der Waals surface area (Å²) in [4.78, 5) is 25.4. The first kappa shape index (κ1) is 25.5. The van der Waals surface area contributed by atoms with Gasteiger partial charge in [-0.25, -0.2) is 0 Å². The van der Waals surface area contributed by atoms with Crippen LogP contribution in [-0.2, 0) is 6.61 Å². The molecule has 37 heavy (non-hydrogen) atoms. The predicted octanol–water partition coefficient (Wildman–Crippen LogP) is 5.17. The molecular formula is C29H29N3O5. The molecule has 0 fully saturated rings. The summed E-state index contributed by atoms with van der Waals surface area (Å²) in [5.74, 6) is 1.18. The predicted molar refractivity (Wildman–Crippen MR) is 142 cm³/mol. The van der Waals surface area contributed by atoms with Gasteiger partial charge in [0.25, 0.3) is 11.5 Å². The van der Waals surface area contributed by atoms with E-state index in [4.69, 9.17) is 14.2 Å². The van der Waals surface area contributed by atoms with E-state index < -0.39 is 0 Å². The molecule has 0 spiro atoms. The van der Waals surface area contributed by atoms with Crippen LogP contribution in [0.5, 0.6) is 17.4 Å². The number of hydrogen-bond donors (Lipinski definition) is 1. The van der Waals surface area contributed by atoms with E-state index >= 15 is 0 Å². The molecule has 4 rings (SSSR count). The summed E-state index contributed by atoms with van der Waals surface area (Å²) in [7, 11) is 0. The Balaban J connectivity index is 1.49. The fourth-order valence-corrected chi connectivity index (χ4v) is 3.71. The number of rotatable bonds is 10. The van der Waals surface area contributed by atoms with E-state index in [2.05, 4.69) is 10.4 Å². The minimum atomic E-state index is -0.323. The fraction of sp³-hybridized carbons (Fsp3) is 0.207. The van der Waals surface area contributed by atoms with Gasteiger partial charge in [-0.15, -0.1) is 5.10 Å². The van der Waals surface area contributed by atoms with Crippen molar-refractivity contribution in [3.63, 3.8) is 0 Å².